The molecule has 1 aliphatic rings. The first-order chi connectivity index (χ1) is 9.95. The minimum absolute atomic E-state index is 0.352. The highest BCUT2D eigenvalue weighted by atomic mass is 32.2. The van der Waals surface area contributed by atoms with Crippen molar-refractivity contribution in [3.8, 4) is 0 Å². The molecule has 0 saturated heterocycles. The van der Waals surface area contributed by atoms with Crippen molar-refractivity contribution in [1.82, 2.24) is 9.97 Å². The molecule has 3 rings (SSSR count). The summed E-state index contributed by atoms with van der Waals surface area (Å²) < 4.78 is 0. The normalized spacial score (nSPS) is 15.3. The molecule has 2 heterocycles. The van der Waals surface area contributed by atoms with Gasteiger partial charge in [-0.2, -0.15) is 0 Å². The van der Waals surface area contributed by atoms with E-state index in [0.29, 0.717) is 11.4 Å². The molecule has 108 valence electrons. The highest BCUT2D eigenvalue weighted by molar-refractivity contribution is 7.99. The number of rotatable bonds is 3. The molecule has 0 fully saturated rings. The van der Waals surface area contributed by atoms with Gasteiger partial charge in [-0.3, -0.25) is 4.79 Å². The Morgan fingerprint density at radius 1 is 1.38 bits per heavy atom. The zero-order valence-electron chi connectivity index (χ0n) is 11.2. The van der Waals surface area contributed by atoms with Gasteiger partial charge in [0.2, 0.25) is 0 Å². The van der Waals surface area contributed by atoms with Gasteiger partial charge in [0, 0.05) is 17.3 Å². The van der Waals surface area contributed by atoms with Crippen molar-refractivity contribution in [3.63, 3.8) is 0 Å². The maximum Gasteiger partial charge on any atom is 0.306 e. The van der Waals surface area contributed by atoms with Crippen LogP contribution in [0, 0.1) is 0 Å². The molecule has 0 bridgehead atoms. The molecule has 7 heteroatoms. The van der Waals surface area contributed by atoms with Crippen LogP contribution in [0.15, 0.2) is 40.5 Å². The standard InChI is InChI=1S/C14H13N3O3S/c1-14(20,7-11(18)19)8-2-3-10-9(6-8)17-12-13(21-10)16-5-4-15-12/h2-6,20H,7H2,1H3,(H,15,17)(H,18,19). The number of aliphatic carboxylic acids is 1. The molecule has 0 amide bonds. The Hall–Kier alpha value is -2.12. The predicted molar refractivity (Wildman–Crippen MR) is 77.7 cm³/mol. The van der Waals surface area contributed by atoms with Crippen LogP contribution in [-0.4, -0.2) is 26.2 Å². The molecule has 0 radical (unpaired) electrons. The van der Waals surface area contributed by atoms with Crippen molar-refractivity contribution in [1.29, 1.82) is 0 Å². The Morgan fingerprint density at radius 3 is 2.90 bits per heavy atom. The van der Waals surface area contributed by atoms with Crippen LogP contribution in [0.2, 0.25) is 0 Å². The van der Waals surface area contributed by atoms with E-state index in [1.54, 1.807) is 24.5 Å². The van der Waals surface area contributed by atoms with Crippen LogP contribution in [0.4, 0.5) is 11.5 Å². The number of carbonyl (C=O) groups is 1. The van der Waals surface area contributed by atoms with Gasteiger partial charge in [0.15, 0.2) is 5.82 Å². The molecular formula is C14H13N3O3S. The van der Waals surface area contributed by atoms with E-state index in [1.165, 1.54) is 18.7 Å². The number of hydrogen-bond acceptors (Lipinski definition) is 6. The van der Waals surface area contributed by atoms with Gasteiger partial charge in [0.1, 0.15) is 5.03 Å². The molecule has 1 aromatic heterocycles. The lowest BCUT2D eigenvalue weighted by molar-refractivity contribution is -0.142. The van der Waals surface area contributed by atoms with Gasteiger partial charge >= 0.3 is 5.97 Å². The number of fused-ring (bicyclic) bond motifs is 2. The fourth-order valence-electron chi connectivity index (χ4n) is 2.17. The number of aliphatic hydroxyl groups is 1. The van der Waals surface area contributed by atoms with E-state index in [0.717, 1.165) is 15.6 Å². The van der Waals surface area contributed by atoms with Gasteiger partial charge in [-0.25, -0.2) is 9.97 Å². The van der Waals surface area contributed by atoms with E-state index in [1.807, 2.05) is 6.07 Å². The van der Waals surface area contributed by atoms with Gasteiger partial charge < -0.3 is 15.5 Å². The number of aromatic nitrogens is 2. The second-order valence-corrected chi connectivity index (χ2v) is 6.02. The average molecular weight is 303 g/mol. The number of hydrogen-bond donors (Lipinski definition) is 3. The lowest BCUT2D eigenvalue weighted by atomic mass is 9.92. The first-order valence-corrected chi connectivity index (χ1v) is 7.12. The summed E-state index contributed by atoms with van der Waals surface area (Å²) in [4.78, 5) is 20.2. The molecule has 2 aromatic rings. The van der Waals surface area contributed by atoms with E-state index in [-0.39, 0.29) is 6.42 Å². The molecule has 1 unspecified atom stereocenters. The van der Waals surface area contributed by atoms with Crippen LogP contribution in [0.1, 0.15) is 18.9 Å². The zero-order valence-corrected chi connectivity index (χ0v) is 12.0. The van der Waals surface area contributed by atoms with Crippen LogP contribution in [0.5, 0.6) is 0 Å². The topological polar surface area (TPSA) is 95.3 Å². The fraction of sp³-hybridized carbons (Fsp3) is 0.214. The number of nitrogens with one attached hydrogen (secondary N) is 1. The van der Waals surface area contributed by atoms with Gasteiger partial charge in [-0.1, -0.05) is 17.8 Å². The summed E-state index contributed by atoms with van der Waals surface area (Å²) in [7, 11) is 0. The SMILES string of the molecule is CC(O)(CC(=O)O)c1ccc2c(c1)Nc1nccnc1S2. The van der Waals surface area contributed by atoms with Gasteiger partial charge in [-0.05, 0) is 24.6 Å². The monoisotopic (exact) mass is 303 g/mol. The fourth-order valence-corrected chi connectivity index (χ4v) is 3.04. The molecule has 6 nitrogen and oxygen atoms in total. The quantitative estimate of drug-likeness (QED) is 0.683. The number of nitrogens with zero attached hydrogens (tertiary/aromatic N) is 2. The third-order valence-corrected chi connectivity index (χ3v) is 4.29. The lowest BCUT2D eigenvalue weighted by Crippen LogP contribution is -2.25. The number of carboxylic acids is 1. The van der Waals surface area contributed by atoms with E-state index in [4.69, 9.17) is 5.11 Å². The van der Waals surface area contributed by atoms with Crippen molar-refractivity contribution < 1.29 is 15.0 Å². The third kappa shape index (κ3) is 2.70. The summed E-state index contributed by atoms with van der Waals surface area (Å²) in [6, 6.07) is 5.33. The summed E-state index contributed by atoms with van der Waals surface area (Å²) in [6.07, 6.45) is 2.88. The molecule has 0 spiro atoms. The highest BCUT2D eigenvalue weighted by Crippen LogP contribution is 2.43. The largest absolute Gasteiger partial charge is 0.481 e. The van der Waals surface area contributed by atoms with Crippen molar-refractivity contribution in [2.24, 2.45) is 0 Å². The smallest absolute Gasteiger partial charge is 0.306 e. The second-order valence-electron chi connectivity index (χ2n) is 4.99. The minimum atomic E-state index is -1.42. The molecule has 0 aliphatic carbocycles. The first kappa shape index (κ1) is 13.8. The van der Waals surface area contributed by atoms with Crippen molar-refractivity contribution in [3.05, 3.63) is 36.2 Å². The lowest BCUT2D eigenvalue weighted by Gasteiger charge is -2.25. The summed E-state index contributed by atoms with van der Waals surface area (Å²) in [6.45, 7) is 1.49. The van der Waals surface area contributed by atoms with Gasteiger partial charge in [0.25, 0.3) is 0 Å². The average Bonchev–Trinajstić information content (AvgIpc) is 2.43. The first-order valence-electron chi connectivity index (χ1n) is 6.30. The number of benzene rings is 1. The molecular weight excluding hydrogens is 290 g/mol. The molecule has 0 saturated carbocycles. The van der Waals surface area contributed by atoms with Crippen molar-refractivity contribution >= 4 is 29.2 Å². The van der Waals surface area contributed by atoms with Crippen molar-refractivity contribution in [2.45, 2.75) is 28.9 Å². The van der Waals surface area contributed by atoms with E-state index in [9.17, 15) is 9.90 Å². The van der Waals surface area contributed by atoms with Crippen LogP contribution in [0.3, 0.4) is 0 Å². The molecule has 1 aromatic carbocycles. The van der Waals surface area contributed by atoms with E-state index >= 15 is 0 Å². The Labute approximate surface area is 125 Å². The molecule has 3 N–H and O–H groups in total. The maximum absolute atomic E-state index is 10.8. The van der Waals surface area contributed by atoms with E-state index in [2.05, 4.69) is 15.3 Å². The number of carboxylic acid groups (broad SMARTS) is 1. The summed E-state index contributed by atoms with van der Waals surface area (Å²) in [5.74, 6) is -0.388. The van der Waals surface area contributed by atoms with E-state index < -0.39 is 11.6 Å². The van der Waals surface area contributed by atoms with Crippen LogP contribution in [-0.2, 0) is 10.4 Å². The summed E-state index contributed by atoms with van der Waals surface area (Å²) in [5, 5.41) is 23.1. The number of anilines is 2. The summed E-state index contributed by atoms with van der Waals surface area (Å²) >= 11 is 1.48. The maximum atomic E-state index is 10.8. The third-order valence-electron chi connectivity index (χ3n) is 3.22. The van der Waals surface area contributed by atoms with Crippen LogP contribution >= 0.6 is 11.8 Å². The Morgan fingerprint density at radius 2 is 2.14 bits per heavy atom. The van der Waals surface area contributed by atoms with Gasteiger partial charge in [-0.15, -0.1) is 0 Å². The minimum Gasteiger partial charge on any atom is -0.481 e. The Balaban J connectivity index is 1.95. The zero-order chi connectivity index (χ0) is 15.0. The van der Waals surface area contributed by atoms with Crippen LogP contribution < -0.4 is 5.32 Å². The Bertz CT molecular complexity index is 718. The predicted octanol–water partition coefficient (Wildman–Crippen LogP) is 2.37. The van der Waals surface area contributed by atoms with Crippen molar-refractivity contribution in [2.75, 3.05) is 5.32 Å². The Kier molecular flexibility index (Phi) is 3.30. The van der Waals surface area contributed by atoms with Crippen LogP contribution in [0.25, 0.3) is 0 Å². The van der Waals surface area contributed by atoms with Gasteiger partial charge in [0.05, 0.1) is 17.7 Å². The molecule has 1 aliphatic heterocycles. The highest BCUT2D eigenvalue weighted by Gasteiger charge is 2.28. The molecule has 21 heavy (non-hydrogen) atoms. The second kappa shape index (κ2) is 5.01. The summed E-state index contributed by atoms with van der Waals surface area (Å²) in [5.41, 5.74) is -0.0872. The molecule has 1 atom stereocenters.